The minimum atomic E-state index is 0.462. The fraction of sp³-hybridized carbons (Fsp3) is 0.154. The summed E-state index contributed by atoms with van der Waals surface area (Å²) in [6.07, 6.45) is 0. The molecule has 0 aliphatic rings. The molecule has 3 aromatic rings. The van der Waals surface area contributed by atoms with E-state index in [0.29, 0.717) is 6.54 Å². The molecule has 3 N–H and O–H groups in total. The molecule has 0 aliphatic carbocycles. The number of aromatic amines is 1. The number of nitrogens with two attached hydrogens (primary N) is 1. The molecule has 2 heterocycles. The largest absolute Gasteiger partial charge is 0.325 e. The van der Waals surface area contributed by atoms with Gasteiger partial charge < -0.3 is 5.73 Å². The highest BCUT2D eigenvalue weighted by molar-refractivity contribution is 7.17. The average Bonchev–Trinajstić information content (AvgIpc) is 2.92. The molecule has 2 aromatic heterocycles. The fourth-order valence-electron chi connectivity index (χ4n) is 2.16. The first-order valence-electron chi connectivity index (χ1n) is 5.51. The molecule has 1 aromatic carbocycles. The van der Waals surface area contributed by atoms with Crippen LogP contribution in [0.15, 0.2) is 29.6 Å². The molecular weight excluding hydrogens is 230 g/mol. The topological polar surface area (TPSA) is 54.7 Å². The van der Waals surface area contributed by atoms with Gasteiger partial charge in [0.25, 0.3) is 0 Å². The van der Waals surface area contributed by atoms with Gasteiger partial charge in [0.1, 0.15) is 0 Å². The molecule has 0 aliphatic heterocycles. The van der Waals surface area contributed by atoms with E-state index in [1.165, 1.54) is 15.6 Å². The summed E-state index contributed by atoms with van der Waals surface area (Å²) in [7, 11) is 0. The maximum Gasteiger partial charge on any atom is 0.0839 e. The van der Waals surface area contributed by atoms with Gasteiger partial charge in [-0.05, 0) is 18.4 Å². The van der Waals surface area contributed by atoms with Gasteiger partial charge in [-0.25, -0.2) is 0 Å². The zero-order valence-corrected chi connectivity index (χ0v) is 10.3. The summed E-state index contributed by atoms with van der Waals surface area (Å²) in [5.74, 6) is 0. The highest BCUT2D eigenvalue weighted by Gasteiger charge is 2.14. The fourth-order valence-corrected chi connectivity index (χ4v) is 3.11. The van der Waals surface area contributed by atoms with Gasteiger partial charge in [-0.3, -0.25) is 5.10 Å². The molecule has 0 bridgehead atoms. The number of thiophene rings is 1. The molecule has 3 nitrogen and oxygen atoms in total. The van der Waals surface area contributed by atoms with Gasteiger partial charge in [0.05, 0.1) is 5.69 Å². The molecule has 0 amide bonds. The molecule has 0 fully saturated rings. The van der Waals surface area contributed by atoms with E-state index in [9.17, 15) is 0 Å². The Morgan fingerprint density at radius 1 is 1.35 bits per heavy atom. The van der Waals surface area contributed by atoms with E-state index in [4.69, 9.17) is 5.73 Å². The second-order valence-corrected chi connectivity index (χ2v) is 4.93. The summed E-state index contributed by atoms with van der Waals surface area (Å²) >= 11 is 1.76. The van der Waals surface area contributed by atoms with E-state index < -0.39 is 0 Å². The van der Waals surface area contributed by atoms with E-state index in [1.807, 2.05) is 6.92 Å². The lowest BCUT2D eigenvalue weighted by atomic mass is 10.0. The Labute approximate surface area is 103 Å². The summed E-state index contributed by atoms with van der Waals surface area (Å²) in [6.45, 7) is 2.50. The molecule has 3 rings (SSSR count). The molecule has 4 heteroatoms. The average molecular weight is 243 g/mol. The summed E-state index contributed by atoms with van der Waals surface area (Å²) < 4.78 is 1.30. The summed E-state index contributed by atoms with van der Waals surface area (Å²) in [5, 5.41) is 10.7. The lowest BCUT2D eigenvalue weighted by Gasteiger charge is -2.01. The predicted molar refractivity (Wildman–Crippen MR) is 72.0 cm³/mol. The van der Waals surface area contributed by atoms with Crippen molar-refractivity contribution in [3.05, 3.63) is 41.0 Å². The van der Waals surface area contributed by atoms with Gasteiger partial charge in [-0.2, -0.15) is 5.10 Å². The Balaban J connectivity index is 2.30. The van der Waals surface area contributed by atoms with Gasteiger partial charge in [-0.1, -0.05) is 18.2 Å². The quantitative estimate of drug-likeness (QED) is 0.726. The van der Waals surface area contributed by atoms with E-state index in [1.54, 1.807) is 11.3 Å². The predicted octanol–water partition coefficient (Wildman–Crippen LogP) is 3.06. The zero-order valence-electron chi connectivity index (χ0n) is 9.53. The number of hydrogen-bond donors (Lipinski definition) is 2. The summed E-state index contributed by atoms with van der Waals surface area (Å²) in [6, 6.07) is 8.42. The molecule has 0 radical (unpaired) electrons. The van der Waals surface area contributed by atoms with Crippen molar-refractivity contribution in [1.29, 1.82) is 0 Å². The van der Waals surface area contributed by atoms with Crippen molar-refractivity contribution in [3.8, 4) is 11.1 Å². The number of nitrogens with one attached hydrogen (secondary N) is 1. The Hall–Kier alpha value is -1.65. The van der Waals surface area contributed by atoms with Crippen LogP contribution in [0.4, 0.5) is 0 Å². The van der Waals surface area contributed by atoms with Crippen LogP contribution in [0.1, 0.15) is 11.4 Å². The molecule has 0 saturated heterocycles. The van der Waals surface area contributed by atoms with Crippen molar-refractivity contribution in [1.82, 2.24) is 10.2 Å². The number of aryl methyl sites for hydroxylation is 1. The van der Waals surface area contributed by atoms with Crippen LogP contribution >= 0.6 is 11.3 Å². The lowest BCUT2D eigenvalue weighted by molar-refractivity contribution is 0.940. The third-order valence-electron chi connectivity index (χ3n) is 2.97. The van der Waals surface area contributed by atoms with Crippen LogP contribution in [0, 0.1) is 6.92 Å². The molecule has 0 saturated carbocycles. The molecule has 17 heavy (non-hydrogen) atoms. The van der Waals surface area contributed by atoms with Crippen molar-refractivity contribution in [2.45, 2.75) is 13.5 Å². The second kappa shape index (κ2) is 3.98. The number of nitrogens with zero attached hydrogens (tertiary/aromatic N) is 1. The number of rotatable bonds is 2. The van der Waals surface area contributed by atoms with Crippen molar-refractivity contribution >= 4 is 21.4 Å². The minimum absolute atomic E-state index is 0.462. The maximum atomic E-state index is 5.74. The van der Waals surface area contributed by atoms with Crippen LogP contribution in [0.5, 0.6) is 0 Å². The van der Waals surface area contributed by atoms with E-state index in [2.05, 4.69) is 39.8 Å². The molecule has 0 unspecified atom stereocenters. The van der Waals surface area contributed by atoms with Gasteiger partial charge in [0, 0.05) is 33.5 Å². The van der Waals surface area contributed by atoms with E-state index in [-0.39, 0.29) is 0 Å². The molecular formula is C13H13N3S. The third-order valence-corrected chi connectivity index (χ3v) is 3.93. The smallest absolute Gasteiger partial charge is 0.0839 e. The van der Waals surface area contributed by atoms with Crippen molar-refractivity contribution in [2.75, 3.05) is 0 Å². The first kappa shape index (κ1) is 10.5. The first-order chi connectivity index (χ1) is 8.31. The highest BCUT2D eigenvalue weighted by Crippen LogP contribution is 2.36. The van der Waals surface area contributed by atoms with Crippen LogP contribution in [-0.4, -0.2) is 10.2 Å². The Morgan fingerprint density at radius 2 is 2.18 bits per heavy atom. The van der Waals surface area contributed by atoms with Crippen molar-refractivity contribution in [2.24, 2.45) is 5.73 Å². The van der Waals surface area contributed by atoms with Crippen LogP contribution in [-0.2, 0) is 6.54 Å². The number of aromatic nitrogens is 2. The highest BCUT2D eigenvalue weighted by atomic mass is 32.1. The monoisotopic (exact) mass is 243 g/mol. The molecule has 0 spiro atoms. The number of fused-ring (bicyclic) bond motifs is 1. The third kappa shape index (κ3) is 1.57. The van der Waals surface area contributed by atoms with Gasteiger partial charge >= 0.3 is 0 Å². The summed E-state index contributed by atoms with van der Waals surface area (Å²) in [4.78, 5) is 0. The van der Waals surface area contributed by atoms with Crippen molar-refractivity contribution in [3.63, 3.8) is 0 Å². The zero-order chi connectivity index (χ0) is 11.8. The van der Waals surface area contributed by atoms with Crippen LogP contribution in [0.3, 0.4) is 0 Å². The van der Waals surface area contributed by atoms with Gasteiger partial charge in [-0.15, -0.1) is 11.3 Å². The van der Waals surface area contributed by atoms with Crippen LogP contribution < -0.4 is 5.73 Å². The Kier molecular flexibility index (Phi) is 2.46. The summed E-state index contributed by atoms with van der Waals surface area (Å²) in [5.41, 5.74) is 10.1. The molecule has 0 atom stereocenters. The minimum Gasteiger partial charge on any atom is -0.325 e. The number of hydrogen-bond acceptors (Lipinski definition) is 3. The Morgan fingerprint density at radius 3 is 3.00 bits per heavy atom. The first-order valence-corrected chi connectivity index (χ1v) is 6.39. The van der Waals surface area contributed by atoms with E-state index in [0.717, 1.165) is 17.0 Å². The van der Waals surface area contributed by atoms with Gasteiger partial charge in [0.2, 0.25) is 0 Å². The normalized spacial score (nSPS) is 11.2. The Bertz CT molecular complexity index is 666. The second-order valence-electron chi connectivity index (χ2n) is 4.02. The van der Waals surface area contributed by atoms with Gasteiger partial charge in [0.15, 0.2) is 0 Å². The number of H-pyrrole nitrogens is 1. The van der Waals surface area contributed by atoms with Crippen LogP contribution in [0.2, 0.25) is 0 Å². The number of benzene rings is 1. The van der Waals surface area contributed by atoms with E-state index >= 15 is 0 Å². The van der Waals surface area contributed by atoms with Crippen molar-refractivity contribution < 1.29 is 0 Å². The lowest BCUT2D eigenvalue weighted by Crippen LogP contribution is -1.98. The van der Waals surface area contributed by atoms with Crippen LogP contribution in [0.25, 0.3) is 21.2 Å². The SMILES string of the molecule is Cc1[nH]nc(CN)c1-c1csc2ccccc12. The molecule has 86 valence electrons. The standard InChI is InChI=1S/C13H13N3S/c1-8-13(11(6-14)16-15-8)10-7-17-12-5-3-2-4-9(10)12/h2-5,7H,6,14H2,1H3,(H,15,16). The maximum absolute atomic E-state index is 5.74.